The third-order valence-corrected chi connectivity index (χ3v) is 2.91. The van der Waals surface area contributed by atoms with Crippen LogP contribution >= 0.6 is 27.7 Å². The fourth-order valence-electron chi connectivity index (χ4n) is 0.676. The van der Waals surface area contributed by atoms with Gasteiger partial charge in [0.25, 0.3) is 0 Å². The zero-order valence-corrected chi connectivity index (χ0v) is 8.00. The third-order valence-electron chi connectivity index (χ3n) is 1.18. The summed E-state index contributed by atoms with van der Waals surface area (Å²) in [5.74, 6) is 0. The summed E-state index contributed by atoms with van der Waals surface area (Å²) in [4.78, 5) is 1.18. The van der Waals surface area contributed by atoms with E-state index in [9.17, 15) is 0 Å². The highest BCUT2D eigenvalue weighted by molar-refractivity contribution is 9.10. The molecule has 0 unspecified atom stereocenters. The predicted octanol–water partition coefficient (Wildman–Crippen LogP) is 2.75. The van der Waals surface area contributed by atoms with E-state index in [-0.39, 0.29) is 0 Å². The number of anilines is 1. The van der Waals surface area contributed by atoms with Gasteiger partial charge in [-0.1, -0.05) is 0 Å². The van der Waals surface area contributed by atoms with Crippen molar-refractivity contribution in [3.8, 4) is 0 Å². The van der Waals surface area contributed by atoms with Crippen LogP contribution in [0.5, 0.6) is 0 Å². The lowest BCUT2D eigenvalue weighted by Crippen LogP contribution is -1.84. The molecule has 1 nitrogen and oxygen atoms in total. The van der Waals surface area contributed by atoms with Crippen LogP contribution in [-0.4, -0.2) is 6.26 Å². The van der Waals surface area contributed by atoms with Crippen LogP contribution < -0.4 is 5.73 Å². The summed E-state index contributed by atoms with van der Waals surface area (Å²) in [5.41, 5.74) is 6.38. The topological polar surface area (TPSA) is 26.0 Å². The van der Waals surface area contributed by atoms with Crippen LogP contribution in [0.25, 0.3) is 0 Å². The molecule has 2 N–H and O–H groups in total. The largest absolute Gasteiger partial charge is 0.399 e. The van der Waals surface area contributed by atoms with E-state index in [0.29, 0.717) is 0 Å². The monoisotopic (exact) mass is 217 g/mol. The summed E-state index contributed by atoms with van der Waals surface area (Å²) in [7, 11) is 0. The van der Waals surface area contributed by atoms with Gasteiger partial charge in [-0.05, 0) is 40.4 Å². The summed E-state index contributed by atoms with van der Waals surface area (Å²) in [6.07, 6.45) is 2.03. The van der Waals surface area contributed by atoms with Gasteiger partial charge in [0.05, 0.1) is 0 Å². The second kappa shape index (κ2) is 3.30. The fourth-order valence-corrected chi connectivity index (χ4v) is 1.93. The molecule has 0 saturated carbocycles. The van der Waals surface area contributed by atoms with Gasteiger partial charge < -0.3 is 5.73 Å². The van der Waals surface area contributed by atoms with Crippen LogP contribution in [0.2, 0.25) is 0 Å². The normalized spacial score (nSPS) is 9.80. The predicted molar refractivity (Wildman–Crippen MR) is 50.3 cm³/mol. The van der Waals surface area contributed by atoms with E-state index < -0.39 is 0 Å². The molecule has 0 fully saturated rings. The van der Waals surface area contributed by atoms with Crippen LogP contribution in [0.1, 0.15) is 0 Å². The Bertz CT molecular complexity index is 237. The fraction of sp³-hybridized carbons (Fsp3) is 0.143. The van der Waals surface area contributed by atoms with E-state index in [1.165, 1.54) is 4.90 Å². The molecule has 0 spiro atoms. The van der Waals surface area contributed by atoms with Crippen molar-refractivity contribution in [2.75, 3.05) is 12.0 Å². The van der Waals surface area contributed by atoms with Crippen LogP contribution in [0.15, 0.2) is 27.6 Å². The molecule has 0 atom stereocenters. The van der Waals surface area contributed by atoms with Gasteiger partial charge in [-0.15, -0.1) is 11.8 Å². The molecule has 54 valence electrons. The first-order valence-corrected chi connectivity index (χ1v) is 4.85. The highest BCUT2D eigenvalue weighted by Crippen LogP contribution is 2.27. The van der Waals surface area contributed by atoms with Crippen LogP contribution in [0.4, 0.5) is 5.69 Å². The van der Waals surface area contributed by atoms with Crippen LogP contribution in [0, 0.1) is 0 Å². The second-order valence-corrected chi connectivity index (χ2v) is 3.60. The first kappa shape index (κ1) is 7.95. The van der Waals surface area contributed by atoms with Gasteiger partial charge in [0.2, 0.25) is 0 Å². The quantitative estimate of drug-likeness (QED) is 0.579. The highest BCUT2D eigenvalue weighted by atomic mass is 79.9. The molecular formula is C7H8BrNS. The summed E-state index contributed by atoms with van der Waals surface area (Å²) in [6, 6.07) is 5.79. The Kier molecular flexibility index (Phi) is 2.63. The molecule has 0 radical (unpaired) electrons. The summed E-state index contributed by atoms with van der Waals surface area (Å²) >= 11 is 5.10. The molecule has 1 rings (SSSR count). The molecule has 3 heteroatoms. The molecule has 1 aromatic rings. The molecule has 10 heavy (non-hydrogen) atoms. The Morgan fingerprint density at radius 2 is 2.20 bits per heavy atom. The number of halogens is 1. The van der Waals surface area contributed by atoms with E-state index in [2.05, 4.69) is 15.9 Å². The van der Waals surface area contributed by atoms with E-state index >= 15 is 0 Å². The molecule has 0 aliphatic rings. The van der Waals surface area contributed by atoms with Gasteiger partial charge >= 0.3 is 0 Å². The Balaban J connectivity index is 3.09. The van der Waals surface area contributed by atoms with Crippen molar-refractivity contribution in [2.45, 2.75) is 4.90 Å². The van der Waals surface area contributed by atoms with Crippen molar-refractivity contribution in [1.82, 2.24) is 0 Å². The van der Waals surface area contributed by atoms with Gasteiger partial charge in [0.15, 0.2) is 0 Å². The van der Waals surface area contributed by atoms with Gasteiger partial charge in [0.1, 0.15) is 0 Å². The number of benzene rings is 1. The molecular weight excluding hydrogens is 210 g/mol. The van der Waals surface area contributed by atoms with Crippen LogP contribution in [0.3, 0.4) is 0 Å². The molecule has 0 amide bonds. The average Bonchev–Trinajstić information content (AvgIpc) is 1.94. The minimum atomic E-state index is 0.813. The number of thioether (sulfide) groups is 1. The highest BCUT2D eigenvalue weighted by Gasteiger charge is 1.96. The first-order chi connectivity index (χ1) is 4.74. The number of rotatable bonds is 1. The smallest absolute Gasteiger partial charge is 0.0326 e. The Hall–Kier alpha value is -0.150. The molecule has 0 aromatic heterocycles. The van der Waals surface area contributed by atoms with Gasteiger partial charge in [-0.2, -0.15) is 0 Å². The zero-order valence-electron chi connectivity index (χ0n) is 5.60. The van der Waals surface area contributed by atoms with Crippen molar-refractivity contribution in [1.29, 1.82) is 0 Å². The number of hydrogen-bond donors (Lipinski definition) is 1. The van der Waals surface area contributed by atoms with Crippen LogP contribution in [-0.2, 0) is 0 Å². The van der Waals surface area contributed by atoms with Crippen molar-refractivity contribution in [3.05, 3.63) is 22.7 Å². The van der Waals surface area contributed by atoms with Gasteiger partial charge in [-0.3, -0.25) is 0 Å². The lowest BCUT2D eigenvalue weighted by Gasteiger charge is -2.00. The summed E-state index contributed by atoms with van der Waals surface area (Å²) in [5, 5.41) is 0. The molecule has 0 saturated heterocycles. The van der Waals surface area contributed by atoms with Crippen molar-refractivity contribution in [3.63, 3.8) is 0 Å². The van der Waals surface area contributed by atoms with Gasteiger partial charge in [0, 0.05) is 15.1 Å². The molecule has 0 bridgehead atoms. The second-order valence-electron chi connectivity index (χ2n) is 1.89. The molecule has 0 heterocycles. The number of hydrogen-bond acceptors (Lipinski definition) is 2. The molecule has 0 aliphatic heterocycles. The third kappa shape index (κ3) is 1.67. The summed E-state index contributed by atoms with van der Waals surface area (Å²) < 4.78 is 1.11. The standard InChI is InChI=1S/C7H8BrNS/c1-10-7-4-5(9)2-3-6(7)8/h2-4H,9H2,1H3. The van der Waals surface area contributed by atoms with E-state index in [4.69, 9.17) is 5.73 Å². The van der Waals surface area contributed by atoms with E-state index in [1.807, 2.05) is 24.5 Å². The Morgan fingerprint density at radius 3 is 2.70 bits per heavy atom. The van der Waals surface area contributed by atoms with Crippen molar-refractivity contribution in [2.24, 2.45) is 0 Å². The minimum Gasteiger partial charge on any atom is -0.399 e. The zero-order chi connectivity index (χ0) is 7.56. The SMILES string of the molecule is CSc1cc(N)ccc1Br. The number of nitrogen functional groups attached to an aromatic ring is 1. The Morgan fingerprint density at radius 1 is 1.50 bits per heavy atom. The van der Waals surface area contributed by atoms with Crippen molar-refractivity contribution < 1.29 is 0 Å². The summed E-state index contributed by atoms with van der Waals surface area (Å²) in [6.45, 7) is 0. The molecule has 1 aromatic carbocycles. The Labute approximate surface area is 73.1 Å². The van der Waals surface area contributed by atoms with Gasteiger partial charge in [-0.25, -0.2) is 0 Å². The lowest BCUT2D eigenvalue weighted by atomic mass is 10.3. The van der Waals surface area contributed by atoms with E-state index in [1.54, 1.807) is 11.8 Å². The maximum Gasteiger partial charge on any atom is 0.0326 e. The minimum absolute atomic E-state index is 0.813. The molecule has 0 aliphatic carbocycles. The van der Waals surface area contributed by atoms with Crippen molar-refractivity contribution >= 4 is 33.4 Å². The number of nitrogens with two attached hydrogens (primary N) is 1. The van der Waals surface area contributed by atoms with E-state index in [0.717, 1.165) is 10.2 Å². The average molecular weight is 218 g/mol. The maximum atomic E-state index is 5.57. The maximum absolute atomic E-state index is 5.57. The lowest BCUT2D eigenvalue weighted by molar-refractivity contribution is 1.41. The first-order valence-electron chi connectivity index (χ1n) is 2.83.